The number of rotatable bonds is 2. The number of morpholine rings is 1. The SMILES string of the molecule is O=C(C1CN(C(=O)c2ccc(F)cc2Br)c2ccccc2O1)N1CCOCC1. The molecule has 2 aliphatic rings. The van der Waals surface area contributed by atoms with Gasteiger partial charge in [0.2, 0.25) is 0 Å². The Morgan fingerprint density at radius 3 is 2.61 bits per heavy atom. The molecule has 1 atom stereocenters. The summed E-state index contributed by atoms with van der Waals surface area (Å²) in [5, 5.41) is 0. The Hall–Kier alpha value is -2.45. The van der Waals surface area contributed by atoms with Crippen molar-refractivity contribution in [3.8, 4) is 5.75 Å². The van der Waals surface area contributed by atoms with Gasteiger partial charge in [-0.2, -0.15) is 0 Å². The first-order valence-electron chi connectivity index (χ1n) is 8.94. The minimum Gasteiger partial charge on any atom is -0.476 e. The largest absolute Gasteiger partial charge is 0.476 e. The van der Waals surface area contributed by atoms with Crippen molar-refractivity contribution in [2.24, 2.45) is 0 Å². The van der Waals surface area contributed by atoms with Crippen LogP contribution in [0.2, 0.25) is 0 Å². The molecule has 2 amide bonds. The van der Waals surface area contributed by atoms with Crippen LogP contribution in [0.4, 0.5) is 10.1 Å². The van der Waals surface area contributed by atoms with Crippen LogP contribution < -0.4 is 9.64 Å². The maximum absolute atomic E-state index is 13.4. The summed E-state index contributed by atoms with van der Waals surface area (Å²) in [6.45, 7) is 2.05. The van der Waals surface area contributed by atoms with Crippen LogP contribution in [0.25, 0.3) is 0 Å². The summed E-state index contributed by atoms with van der Waals surface area (Å²) in [7, 11) is 0. The first-order chi connectivity index (χ1) is 13.5. The Bertz CT molecular complexity index is 917. The van der Waals surface area contributed by atoms with Crippen LogP contribution in [0.1, 0.15) is 10.4 Å². The third kappa shape index (κ3) is 3.62. The lowest BCUT2D eigenvalue weighted by molar-refractivity contribution is -0.142. The van der Waals surface area contributed by atoms with E-state index in [0.717, 1.165) is 0 Å². The van der Waals surface area contributed by atoms with Gasteiger partial charge in [0, 0.05) is 17.6 Å². The molecule has 0 N–H and O–H groups in total. The summed E-state index contributed by atoms with van der Waals surface area (Å²) in [6.07, 6.45) is -0.809. The number of hydrogen-bond acceptors (Lipinski definition) is 4. The predicted octanol–water partition coefficient (Wildman–Crippen LogP) is 2.85. The number of halogens is 2. The molecule has 1 saturated heterocycles. The van der Waals surface area contributed by atoms with Crippen molar-refractivity contribution in [3.05, 3.63) is 58.3 Å². The van der Waals surface area contributed by atoms with Gasteiger partial charge in [-0.15, -0.1) is 0 Å². The van der Waals surface area contributed by atoms with Crippen LogP contribution in [0.5, 0.6) is 5.75 Å². The smallest absolute Gasteiger partial charge is 0.265 e. The number of benzene rings is 2. The van der Waals surface area contributed by atoms with Crippen molar-refractivity contribution < 1.29 is 23.5 Å². The van der Waals surface area contributed by atoms with E-state index in [1.54, 1.807) is 29.2 Å². The zero-order valence-electron chi connectivity index (χ0n) is 14.9. The first-order valence-corrected chi connectivity index (χ1v) is 9.73. The van der Waals surface area contributed by atoms with Gasteiger partial charge in [-0.25, -0.2) is 4.39 Å². The molecule has 146 valence electrons. The van der Waals surface area contributed by atoms with Crippen molar-refractivity contribution in [1.29, 1.82) is 0 Å². The number of para-hydroxylation sites is 2. The lowest BCUT2D eigenvalue weighted by Gasteiger charge is -2.37. The fraction of sp³-hybridized carbons (Fsp3) is 0.300. The Kier molecular flexibility index (Phi) is 5.32. The fourth-order valence-electron chi connectivity index (χ4n) is 3.35. The molecule has 0 spiro atoms. The van der Waals surface area contributed by atoms with Gasteiger partial charge in [-0.1, -0.05) is 12.1 Å². The van der Waals surface area contributed by atoms with Crippen molar-refractivity contribution in [1.82, 2.24) is 4.90 Å². The summed E-state index contributed by atoms with van der Waals surface area (Å²) in [6, 6.07) is 11.0. The van der Waals surface area contributed by atoms with Crippen molar-refractivity contribution >= 4 is 33.4 Å². The molecule has 28 heavy (non-hydrogen) atoms. The van der Waals surface area contributed by atoms with Gasteiger partial charge in [-0.05, 0) is 46.3 Å². The molecule has 6 nitrogen and oxygen atoms in total. The van der Waals surface area contributed by atoms with E-state index in [9.17, 15) is 14.0 Å². The number of ether oxygens (including phenoxy) is 2. The number of hydrogen-bond donors (Lipinski definition) is 0. The molecular formula is C20H18BrFN2O4. The van der Waals surface area contributed by atoms with Gasteiger partial charge < -0.3 is 19.3 Å². The van der Waals surface area contributed by atoms with E-state index in [1.807, 2.05) is 0 Å². The highest BCUT2D eigenvalue weighted by Crippen LogP contribution is 2.35. The topological polar surface area (TPSA) is 59.1 Å². The number of nitrogens with zero attached hydrogens (tertiary/aromatic N) is 2. The zero-order valence-corrected chi connectivity index (χ0v) is 16.5. The second-order valence-corrected chi connectivity index (χ2v) is 7.41. The van der Waals surface area contributed by atoms with Gasteiger partial charge >= 0.3 is 0 Å². The van der Waals surface area contributed by atoms with E-state index in [-0.39, 0.29) is 18.4 Å². The minimum absolute atomic E-state index is 0.0792. The second-order valence-electron chi connectivity index (χ2n) is 6.55. The lowest BCUT2D eigenvalue weighted by atomic mass is 10.1. The summed E-state index contributed by atoms with van der Waals surface area (Å²) in [5.41, 5.74) is 0.894. The van der Waals surface area contributed by atoms with Crippen LogP contribution >= 0.6 is 15.9 Å². The summed E-state index contributed by atoms with van der Waals surface area (Å²) in [5.74, 6) is -0.478. The van der Waals surface area contributed by atoms with Gasteiger partial charge in [0.05, 0.1) is 31.0 Å². The molecule has 8 heteroatoms. The predicted molar refractivity (Wildman–Crippen MR) is 104 cm³/mol. The van der Waals surface area contributed by atoms with Crippen molar-refractivity contribution in [2.45, 2.75) is 6.10 Å². The van der Waals surface area contributed by atoms with Crippen LogP contribution in [0, 0.1) is 5.82 Å². The molecule has 0 saturated carbocycles. The maximum atomic E-state index is 13.4. The number of amides is 2. The molecule has 4 rings (SSSR count). The normalized spacial score (nSPS) is 19.0. The third-order valence-electron chi connectivity index (χ3n) is 4.78. The van der Waals surface area contributed by atoms with Crippen LogP contribution in [-0.4, -0.2) is 55.7 Å². The van der Waals surface area contributed by atoms with Crippen molar-refractivity contribution in [2.75, 3.05) is 37.7 Å². The molecule has 1 unspecified atom stereocenters. The van der Waals surface area contributed by atoms with Crippen molar-refractivity contribution in [3.63, 3.8) is 0 Å². The first kappa shape index (κ1) is 18.9. The molecule has 0 aliphatic carbocycles. The van der Waals surface area contributed by atoms with Gasteiger partial charge in [0.1, 0.15) is 11.6 Å². The molecular weight excluding hydrogens is 431 g/mol. The molecule has 1 fully saturated rings. The van der Waals surface area contributed by atoms with E-state index >= 15 is 0 Å². The highest BCUT2D eigenvalue weighted by molar-refractivity contribution is 9.10. The van der Waals surface area contributed by atoms with Crippen LogP contribution in [0.15, 0.2) is 46.9 Å². The molecule has 0 aromatic heterocycles. The summed E-state index contributed by atoms with van der Waals surface area (Å²) in [4.78, 5) is 29.3. The lowest BCUT2D eigenvalue weighted by Crippen LogP contribution is -2.54. The molecule has 2 aromatic rings. The van der Waals surface area contributed by atoms with E-state index < -0.39 is 11.9 Å². The molecule has 0 bridgehead atoms. The number of anilines is 1. The number of carbonyl (C=O) groups is 2. The Balaban J connectivity index is 1.65. The highest BCUT2D eigenvalue weighted by Gasteiger charge is 2.37. The van der Waals surface area contributed by atoms with E-state index in [2.05, 4.69) is 15.9 Å². The molecule has 2 aliphatic heterocycles. The Morgan fingerprint density at radius 2 is 1.86 bits per heavy atom. The van der Waals surface area contributed by atoms with Gasteiger partial charge in [0.25, 0.3) is 11.8 Å². The molecule has 0 radical (unpaired) electrons. The molecule has 2 aromatic carbocycles. The van der Waals surface area contributed by atoms with E-state index in [1.165, 1.54) is 23.1 Å². The second kappa shape index (κ2) is 7.89. The molecule has 2 heterocycles. The number of carbonyl (C=O) groups excluding carboxylic acids is 2. The average molecular weight is 449 g/mol. The standard InChI is InChI=1S/C20H18BrFN2O4/c21-15-11-13(22)5-6-14(15)19(25)24-12-18(20(26)23-7-9-27-10-8-23)28-17-4-2-1-3-16(17)24/h1-6,11,18H,7-10,12H2. The van der Waals surface area contributed by atoms with Crippen LogP contribution in [-0.2, 0) is 9.53 Å². The van der Waals surface area contributed by atoms with Gasteiger partial charge in [-0.3, -0.25) is 9.59 Å². The number of fused-ring (bicyclic) bond motifs is 1. The van der Waals surface area contributed by atoms with Gasteiger partial charge in [0.15, 0.2) is 6.10 Å². The van der Waals surface area contributed by atoms with E-state index in [0.29, 0.717) is 47.8 Å². The Labute approximate surface area is 169 Å². The fourth-order valence-corrected chi connectivity index (χ4v) is 3.87. The van der Waals surface area contributed by atoms with Crippen LogP contribution in [0.3, 0.4) is 0 Å². The zero-order chi connectivity index (χ0) is 19.7. The summed E-state index contributed by atoms with van der Waals surface area (Å²) < 4.78 is 25.0. The summed E-state index contributed by atoms with van der Waals surface area (Å²) >= 11 is 3.25. The Morgan fingerprint density at radius 1 is 1.11 bits per heavy atom. The highest BCUT2D eigenvalue weighted by atomic mass is 79.9. The quantitative estimate of drug-likeness (QED) is 0.708. The monoisotopic (exact) mass is 448 g/mol. The minimum atomic E-state index is -0.809. The average Bonchev–Trinajstić information content (AvgIpc) is 2.72. The van der Waals surface area contributed by atoms with E-state index in [4.69, 9.17) is 9.47 Å². The third-order valence-corrected chi connectivity index (χ3v) is 5.43. The maximum Gasteiger partial charge on any atom is 0.265 e.